The molecule has 0 aliphatic carbocycles. The van der Waals surface area contributed by atoms with Crippen molar-refractivity contribution in [2.24, 2.45) is 0 Å². The highest BCUT2D eigenvalue weighted by molar-refractivity contribution is 5.85. The fourth-order valence-electron chi connectivity index (χ4n) is 2.21. The van der Waals surface area contributed by atoms with Gasteiger partial charge < -0.3 is 15.3 Å². The second-order valence-electron chi connectivity index (χ2n) is 5.12. The Hall–Kier alpha value is -1.14. The Morgan fingerprint density at radius 1 is 1.22 bits per heavy atom. The van der Waals surface area contributed by atoms with E-state index >= 15 is 0 Å². The van der Waals surface area contributed by atoms with Crippen LogP contribution in [-0.4, -0.2) is 71.6 Å². The van der Waals surface area contributed by atoms with Crippen LogP contribution in [-0.2, 0) is 9.59 Å². The van der Waals surface area contributed by atoms with Crippen LogP contribution in [0.15, 0.2) is 0 Å². The fraction of sp³-hybridized carbons (Fsp3) is 0.833. The number of carboxylic acids is 1. The van der Waals surface area contributed by atoms with Crippen molar-refractivity contribution in [3.05, 3.63) is 0 Å². The number of amides is 1. The van der Waals surface area contributed by atoms with Crippen molar-refractivity contribution in [3.8, 4) is 0 Å². The third-order valence-corrected chi connectivity index (χ3v) is 3.17. The lowest BCUT2D eigenvalue weighted by Crippen LogP contribution is -2.58. The fourth-order valence-corrected chi connectivity index (χ4v) is 2.21. The molecule has 1 rings (SSSR count). The Bertz CT molecular complexity index is 310. The normalized spacial score (nSPS) is 17.8. The number of likely N-dealkylation sites (N-methyl/N-ethyl adjacent to an activating group) is 1. The van der Waals surface area contributed by atoms with Gasteiger partial charge in [0.25, 0.3) is 0 Å². The summed E-state index contributed by atoms with van der Waals surface area (Å²) in [6, 6.07) is 0. The Labute approximate surface area is 108 Å². The molecule has 0 aromatic heterocycles. The Morgan fingerprint density at radius 3 is 2.22 bits per heavy atom. The molecule has 104 valence electrons. The molecule has 6 heteroatoms. The van der Waals surface area contributed by atoms with E-state index in [9.17, 15) is 9.59 Å². The van der Waals surface area contributed by atoms with Gasteiger partial charge in [0.05, 0.1) is 12.1 Å². The zero-order chi connectivity index (χ0) is 13.8. The lowest BCUT2D eigenvalue weighted by atomic mass is 10.0. The number of hydrogen-bond donors (Lipinski definition) is 2. The van der Waals surface area contributed by atoms with Crippen molar-refractivity contribution in [1.29, 1.82) is 0 Å². The number of nitrogens with zero attached hydrogens (tertiary/aromatic N) is 2. The zero-order valence-electron chi connectivity index (χ0n) is 11.4. The molecule has 1 heterocycles. The number of piperazine rings is 1. The molecule has 0 spiro atoms. The molecule has 0 unspecified atom stereocenters. The van der Waals surface area contributed by atoms with Gasteiger partial charge in [-0.25, -0.2) is 0 Å². The van der Waals surface area contributed by atoms with Crippen LogP contribution in [0.25, 0.3) is 0 Å². The van der Waals surface area contributed by atoms with E-state index < -0.39 is 11.5 Å². The smallest absolute Gasteiger partial charge is 0.317 e. The van der Waals surface area contributed by atoms with Crippen molar-refractivity contribution >= 4 is 11.9 Å². The molecule has 0 bridgehead atoms. The van der Waals surface area contributed by atoms with E-state index in [0.29, 0.717) is 26.2 Å². The Morgan fingerprint density at radius 2 is 1.78 bits per heavy atom. The summed E-state index contributed by atoms with van der Waals surface area (Å²) in [7, 11) is 0. The van der Waals surface area contributed by atoms with Gasteiger partial charge in [-0.1, -0.05) is 6.92 Å². The van der Waals surface area contributed by atoms with Crippen LogP contribution in [0.1, 0.15) is 20.8 Å². The maximum absolute atomic E-state index is 12.3. The van der Waals surface area contributed by atoms with Crippen LogP contribution < -0.4 is 5.32 Å². The van der Waals surface area contributed by atoms with Gasteiger partial charge in [0.1, 0.15) is 0 Å². The molecule has 18 heavy (non-hydrogen) atoms. The van der Waals surface area contributed by atoms with Gasteiger partial charge >= 0.3 is 5.97 Å². The molecular formula is C12H23N3O3. The molecule has 1 fully saturated rings. The van der Waals surface area contributed by atoms with Crippen molar-refractivity contribution in [3.63, 3.8) is 0 Å². The molecule has 0 radical (unpaired) electrons. The summed E-state index contributed by atoms with van der Waals surface area (Å²) in [6.07, 6.45) is 0. The summed E-state index contributed by atoms with van der Waals surface area (Å²) < 4.78 is 0. The number of carbonyl (C=O) groups excluding carboxylic acids is 1. The minimum atomic E-state index is -0.817. The van der Waals surface area contributed by atoms with Gasteiger partial charge in [-0.15, -0.1) is 0 Å². The van der Waals surface area contributed by atoms with E-state index in [4.69, 9.17) is 5.11 Å². The summed E-state index contributed by atoms with van der Waals surface area (Å²) in [5, 5.41) is 11.9. The number of nitrogens with one attached hydrogen (secondary N) is 1. The van der Waals surface area contributed by atoms with Gasteiger partial charge in [0.2, 0.25) is 5.91 Å². The number of hydrogen-bond acceptors (Lipinski definition) is 4. The standard InChI is InChI=1S/C12H23N3O3/c1-4-13-12(2,3)11(18)15-7-5-14(6-8-15)9-10(16)17/h13H,4-9H2,1-3H3,(H,16,17). The summed E-state index contributed by atoms with van der Waals surface area (Å²) in [6.45, 7) is 8.98. The van der Waals surface area contributed by atoms with E-state index in [-0.39, 0.29) is 12.5 Å². The van der Waals surface area contributed by atoms with Gasteiger partial charge in [-0.2, -0.15) is 0 Å². The van der Waals surface area contributed by atoms with Gasteiger partial charge in [-0.05, 0) is 20.4 Å². The summed E-state index contributed by atoms with van der Waals surface area (Å²) in [5.41, 5.74) is -0.552. The predicted molar refractivity (Wildman–Crippen MR) is 68.4 cm³/mol. The first-order valence-electron chi connectivity index (χ1n) is 6.35. The van der Waals surface area contributed by atoms with Gasteiger partial charge in [0.15, 0.2) is 0 Å². The van der Waals surface area contributed by atoms with Crippen LogP contribution in [0, 0.1) is 0 Å². The minimum absolute atomic E-state index is 0.0542. The SMILES string of the molecule is CCNC(C)(C)C(=O)N1CCN(CC(=O)O)CC1. The van der Waals surface area contributed by atoms with Crippen molar-refractivity contribution in [1.82, 2.24) is 15.1 Å². The largest absolute Gasteiger partial charge is 0.480 e. The van der Waals surface area contributed by atoms with Crippen LogP contribution in [0.2, 0.25) is 0 Å². The summed E-state index contributed by atoms with van der Waals surface area (Å²) in [4.78, 5) is 26.5. The van der Waals surface area contributed by atoms with E-state index in [1.165, 1.54) is 0 Å². The second kappa shape index (κ2) is 6.15. The van der Waals surface area contributed by atoms with Crippen LogP contribution in [0.4, 0.5) is 0 Å². The molecule has 1 saturated heterocycles. The van der Waals surface area contributed by atoms with Gasteiger partial charge in [-0.3, -0.25) is 14.5 Å². The highest BCUT2D eigenvalue weighted by atomic mass is 16.4. The first kappa shape index (κ1) is 14.9. The Balaban J connectivity index is 2.47. The molecule has 2 N–H and O–H groups in total. The Kier molecular flexibility index (Phi) is 5.10. The number of carboxylic acid groups (broad SMARTS) is 1. The lowest BCUT2D eigenvalue weighted by molar-refractivity contribution is -0.141. The molecule has 0 aromatic rings. The maximum Gasteiger partial charge on any atom is 0.317 e. The highest BCUT2D eigenvalue weighted by Gasteiger charge is 2.32. The van der Waals surface area contributed by atoms with Crippen molar-refractivity contribution in [2.45, 2.75) is 26.3 Å². The molecule has 0 aromatic carbocycles. The van der Waals surface area contributed by atoms with E-state index in [2.05, 4.69) is 5.32 Å². The third kappa shape index (κ3) is 3.96. The van der Waals surface area contributed by atoms with Crippen LogP contribution in [0.3, 0.4) is 0 Å². The first-order chi connectivity index (χ1) is 8.36. The second-order valence-corrected chi connectivity index (χ2v) is 5.12. The quantitative estimate of drug-likeness (QED) is 0.701. The third-order valence-electron chi connectivity index (χ3n) is 3.17. The number of rotatable bonds is 5. The highest BCUT2D eigenvalue weighted by Crippen LogP contribution is 2.11. The summed E-state index contributed by atoms with van der Waals surface area (Å²) in [5.74, 6) is -0.734. The van der Waals surface area contributed by atoms with E-state index in [1.54, 1.807) is 4.90 Å². The molecule has 1 amide bonds. The molecule has 1 aliphatic rings. The first-order valence-corrected chi connectivity index (χ1v) is 6.35. The van der Waals surface area contributed by atoms with Gasteiger partial charge in [0, 0.05) is 26.2 Å². The van der Waals surface area contributed by atoms with Crippen molar-refractivity contribution in [2.75, 3.05) is 39.3 Å². The maximum atomic E-state index is 12.3. The average molecular weight is 257 g/mol. The number of aliphatic carboxylic acids is 1. The topological polar surface area (TPSA) is 72.9 Å². The summed E-state index contributed by atoms with van der Waals surface area (Å²) >= 11 is 0. The zero-order valence-corrected chi connectivity index (χ0v) is 11.4. The minimum Gasteiger partial charge on any atom is -0.480 e. The average Bonchev–Trinajstić information content (AvgIpc) is 2.28. The number of carbonyl (C=O) groups is 2. The lowest BCUT2D eigenvalue weighted by Gasteiger charge is -2.38. The predicted octanol–water partition coefficient (Wildman–Crippen LogP) is -0.397. The van der Waals surface area contributed by atoms with Crippen LogP contribution in [0.5, 0.6) is 0 Å². The molecule has 1 aliphatic heterocycles. The molecular weight excluding hydrogens is 234 g/mol. The van der Waals surface area contributed by atoms with E-state index in [0.717, 1.165) is 6.54 Å². The molecule has 0 atom stereocenters. The van der Waals surface area contributed by atoms with E-state index in [1.807, 2.05) is 25.7 Å². The molecule has 6 nitrogen and oxygen atoms in total. The van der Waals surface area contributed by atoms with Crippen LogP contribution >= 0.6 is 0 Å². The van der Waals surface area contributed by atoms with Crippen molar-refractivity contribution < 1.29 is 14.7 Å². The monoisotopic (exact) mass is 257 g/mol. The molecule has 0 saturated carbocycles.